The Bertz CT molecular complexity index is 1400. The van der Waals surface area contributed by atoms with Crippen LogP contribution in [0.3, 0.4) is 0 Å². The van der Waals surface area contributed by atoms with E-state index in [1.807, 2.05) is 13.0 Å². The van der Waals surface area contributed by atoms with Crippen molar-refractivity contribution in [2.24, 2.45) is 0 Å². The van der Waals surface area contributed by atoms with Crippen LogP contribution in [0.25, 0.3) is 0 Å². The maximum atomic E-state index is 14.2. The van der Waals surface area contributed by atoms with Crippen molar-refractivity contribution in [1.82, 2.24) is 9.88 Å². The van der Waals surface area contributed by atoms with E-state index in [0.29, 0.717) is 5.69 Å². The summed E-state index contributed by atoms with van der Waals surface area (Å²) in [6.07, 6.45) is 0.457. The fourth-order valence-electron chi connectivity index (χ4n) is 4.37. The lowest BCUT2D eigenvalue weighted by Gasteiger charge is -2.35. The van der Waals surface area contributed by atoms with Crippen LogP contribution in [0, 0.1) is 6.92 Å². The van der Waals surface area contributed by atoms with Gasteiger partial charge in [0.1, 0.15) is 23.1 Å². The number of benzene rings is 1. The number of pyridine rings is 1. The third-order valence-electron chi connectivity index (χ3n) is 6.36. The monoisotopic (exact) mass is 516 g/mol. The van der Waals surface area contributed by atoms with Crippen LogP contribution < -0.4 is 21.5 Å². The first-order chi connectivity index (χ1) is 16.9. The Morgan fingerprint density at radius 2 is 1.97 bits per heavy atom. The van der Waals surface area contributed by atoms with E-state index in [-0.39, 0.29) is 40.7 Å². The lowest BCUT2D eigenvalue weighted by atomic mass is 9.87. The first-order valence-corrected chi connectivity index (χ1v) is 11.6. The van der Waals surface area contributed by atoms with Gasteiger partial charge in [-0.05, 0) is 37.6 Å². The molecule has 1 amide bonds. The van der Waals surface area contributed by atoms with Crippen molar-refractivity contribution in [2.75, 3.05) is 31.3 Å². The summed E-state index contributed by atoms with van der Waals surface area (Å²) in [5.41, 5.74) is -1.63. The highest BCUT2D eigenvalue weighted by molar-refractivity contribution is 6.34. The number of rotatable bonds is 7. The standard InChI is InChI=1S/C25H26ClFN4O5/c1-12-6-5-9-28-17(12)23(25(2)10-13(27)11-36-25)30-19-18(21(33)22(19)34)29-15-8-7-14(26)16(20(15)32)24(35)31(3)4/h5-9,13,23,29-30,32H,10-11H2,1-4H3/t13?,23-,25?/m0/s1. The van der Waals surface area contributed by atoms with Gasteiger partial charge < -0.3 is 25.4 Å². The molecular formula is C25H26ClFN4O5. The topological polar surface area (TPSA) is 121 Å². The molecule has 190 valence electrons. The van der Waals surface area contributed by atoms with Crippen molar-refractivity contribution in [3.63, 3.8) is 0 Å². The normalized spacial score (nSPS) is 20.3. The third kappa shape index (κ3) is 4.42. The number of carbonyl (C=O) groups is 1. The van der Waals surface area contributed by atoms with Gasteiger partial charge in [-0.15, -0.1) is 0 Å². The second kappa shape index (κ2) is 9.51. The Morgan fingerprint density at radius 3 is 2.58 bits per heavy atom. The van der Waals surface area contributed by atoms with Crippen molar-refractivity contribution in [3.05, 3.63) is 72.8 Å². The number of aromatic nitrogens is 1. The van der Waals surface area contributed by atoms with Crippen molar-refractivity contribution < 1.29 is 19.0 Å². The summed E-state index contributed by atoms with van der Waals surface area (Å²) < 4.78 is 20.0. The second-order valence-corrected chi connectivity index (χ2v) is 9.67. The average Bonchev–Trinajstić information content (AvgIpc) is 3.19. The molecule has 0 bridgehead atoms. The summed E-state index contributed by atoms with van der Waals surface area (Å²) in [6, 6.07) is 5.62. The maximum Gasteiger partial charge on any atom is 0.258 e. The molecule has 1 aliphatic rings. The number of nitrogens with zero attached hydrogens (tertiary/aromatic N) is 2. The minimum Gasteiger partial charge on any atom is -0.505 e. The quantitative estimate of drug-likeness (QED) is 0.322. The number of ether oxygens (including phenoxy) is 1. The number of carbonyl (C=O) groups excluding carboxylic acids is 1. The van der Waals surface area contributed by atoms with Gasteiger partial charge in [0.05, 0.1) is 34.7 Å². The van der Waals surface area contributed by atoms with Crippen LogP contribution in [0.5, 0.6) is 5.75 Å². The minimum absolute atomic E-state index is 0.0115. The van der Waals surface area contributed by atoms with Crippen LogP contribution in [0.1, 0.15) is 41.0 Å². The molecule has 1 aliphatic heterocycles. The first-order valence-electron chi connectivity index (χ1n) is 11.2. The molecule has 2 unspecified atom stereocenters. The number of alkyl halides is 1. The van der Waals surface area contributed by atoms with Gasteiger partial charge in [-0.2, -0.15) is 0 Å². The zero-order valence-corrected chi connectivity index (χ0v) is 20.9. The van der Waals surface area contributed by atoms with Gasteiger partial charge in [-0.1, -0.05) is 17.7 Å². The van der Waals surface area contributed by atoms with Crippen LogP contribution in [0.4, 0.5) is 21.5 Å². The second-order valence-electron chi connectivity index (χ2n) is 9.26. The van der Waals surface area contributed by atoms with Gasteiger partial charge in [0.15, 0.2) is 5.75 Å². The van der Waals surface area contributed by atoms with Crippen molar-refractivity contribution in [1.29, 1.82) is 0 Å². The Kier molecular flexibility index (Phi) is 6.76. The number of nitrogens with one attached hydrogen (secondary N) is 2. The molecule has 0 aliphatic carbocycles. The Morgan fingerprint density at radius 1 is 1.28 bits per heavy atom. The molecule has 9 nitrogen and oxygen atoms in total. The molecule has 1 aromatic heterocycles. The summed E-state index contributed by atoms with van der Waals surface area (Å²) in [6.45, 7) is 3.46. The summed E-state index contributed by atoms with van der Waals surface area (Å²) in [5, 5.41) is 16.6. The Labute approximate surface area is 211 Å². The van der Waals surface area contributed by atoms with Crippen LogP contribution in [-0.2, 0) is 4.74 Å². The number of amides is 1. The number of anilines is 3. The Balaban J connectivity index is 1.73. The third-order valence-corrected chi connectivity index (χ3v) is 6.68. The SMILES string of the molecule is Cc1cccnc1[C@H](Nc1c(Nc2ccc(Cl)c(C(=O)N(C)C)c2O)c(=O)c1=O)C1(C)CC(F)CO1. The summed E-state index contributed by atoms with van der Waals surface area (Å²) >= 11 is 6.12. The predicted molar refractivity (Wildman–Crippen MR) is 135 cm³/mol. The molecule has 0 radical (unpaired) electrons. The molecule has 11 heteroatoms. The maximum absolute atomic E-state index is 14.2. The lowest BCUT2D eigenvalue weighted by Crippen LogP contribution is -2.43. The van der Waals surface area contributed by atoms with Crippen LogP contribution in [0.15, 0.2) is 40.1 Å². The number of aromatic hydroxyl groups is 1. The molecule has 2 aromatic carbocycles. The van der Waals surface area contributed by atoms with E-state index < -0.39 is 40.3 Å². The van der Waals surface area contributed by atoms with E-state index in [1.54, 1.807) is 19.2 Å². The van der Waals surface area contributed by atoms with Gasteiger partial charge in [0.25, 0.3) is 16.8 Å². The molecule has 2 heterocycles. The molecule has 3 aromatic rings. The number of phenolic OH excluding ortho intramolecular Hbond substituents is 1. The molecule has 0 saturated carbocycles. The van der Waals surface area contributed by atoms with E-state index in [4.69, 9.17) is 16.3 Å². The Hall–Kier alpha value is -3.50. The van der Waals surface area contributed by atoms with Gasteiger partial charge in [0.2, 0.25) is 0 Å². The molecule has 3 atom stereocenters. The fourth-order valence-corrected chi connectivity index (χ4v) is 4.61. The number of phenols is 1. The van der Waals surface area contributed by atoms with Crippen molar-refractivity contribution in [2.45, 2.75) is 38.1 Å². The van der Waals surface area contributed by atoms with Crippen LogP contribution in [-0.4, -0.2) is 53.4 Å². The molecule has 0 spiro atoms. The number of hydrogen-bond acceptors (Lipinski definition) is 8. The molecule has 1 saturated heterocycles. The van der Waals surface area contributed by atoms with Crippen LogP contribution in [0.2, 0.25) is 5.02 Å². The number of halogens is 2. The van der Waals surface area contributed by atoms with Crippen molar-refractivity contribution >= 4 is 34.6 Å². The largest absolute Gasteiger partial charge is 0.505 e. The number of hydrogen-bond donors (Lipinski definition) is 3. The first kappa shape index (κ1) is 25.6. The predicted octanol–water partition coefficient (Wildman–Crippen LogP) is 3.46. The molecule has 4 rings (SSSR count). The van der Waals surface area contributed by atoms with E-state index in [2.05, 4.69) is 15.6 Å². The molecular weight excluding hydrogens is 491 g/mol. The minimum atomic E-state index is -1.19. The highest BCUT2D eigenvalue weighted by Gasteiger charge is 2.46. The summed E-state index contributed by atoms with van der Waals surface area (Å²) in [4.78, 5) is 43.3. The highest BCUT2D eigenvalue weighted by Crippen LogP contribution is 2.42. The van der Waals surface area contributed by atoms with E-state index in [1.165, 1.54) is 31.1 Å². The van der Waals surface area contributed by atoms with Gasteiger partial charge in [0, 0.05) is 26.7 Å². The lowest BCUT2D eigenvalue weighted by molar-refractivity contribution is 0.00127. The van der Waals surface area contributed by atoms with Crippen molar-refractivity contribution in [3.8, 4) is 5.75 Å². The summed E-state index contributed by atoms with van der Waals surface area (Å²) in [7, 11) is 3.01. The zero-order chi connectivity index (χ0) is 26.4. The van der Waals surface area contributed by atoms with Crippen LogP contribution >= 0.6 is 11.6 Å². The average molecular weight is 517 g/mol. The van der Waals surface area contributed by atoms with Gasteiger partial charge in [-0.25, -0.2) is 4.39 Å². The smallest absolute Gasteiger partial charge is 0.258 e. The van der Waals surface area contributed by atoms with Gasteiger partial charge in [-0.3, -0.25) is 19.4 Å². The molecule has 3 N–H and O–H groups in total. The highest BCUT2D eigenvalue weighted by atomic mass is 35.5. The van der Waals surface area contributed by atoms with E-state index >= 15 is 0 Å². The fraction of sp³-hybridized carbons (Fsp3) is 0.360. The molecule has 36 heavy (non-hydrogen) atoms. The van der Waals surface area contributed by atoms with E-state index in [0.717, 1.165) is 5.56 Å². The zero-order valence-electron chi connectivity index (χ0n) is 20.2. The molecule has 1 fully saturated rings. The van der Waals surface area contributed by atoms with Gasteiger partial charge >= 0.3 is 0 Å². The number of aryl methyl sites for hydroxylation is 1. The van der Waals surface area contributed by atoms with E-state index in [9.17, 15) is 23.9 Å². The summed E-state index contributed by atoms with van der Waals surface area (Å²) in [5.74, 6) is -1.01.